The van der Waals surface area contributed by atoms with Gasteiger partial charge in [-0.3, -0.25) is 0 Å². The van der Waals surface area contributed by atoms with Crippen molar-refractivity contribution in [2.24, 2.45) is 7.05 Å². The second-order valence-electron chi connectivity index (χ2n) is 4.28. The smallest absolute Gasteiger partial charge is 0.416 e. The van der Waals surface area contributed by atoms with Crippen molar-refractivity contribution in [3.8, 4) is 0 Å². The van der Waals surface area contributed by atoms with E-state index in [9.17, 15) is 18.0 Å². The van der Waals surface area contributed by atoms with Crippen molar-refractivity contribution >= 4 is 5.97 Å². The molecule has 3 nitrogen and oxygen atoms in total. The summed E-state index contributed by atoms with van der Waals surface area (Å²) >= 11 is 0. The number of hydrogen-bond donors (Lipinski definition) is 0. The van der Waals surface area contributed by atoms with Gasteiger partial charge in [-0.1, -0.05) is 12.1 Å². The molecule has 0 radical (unpaired) electrons. The molecule has 0 unspecified atom stereocenters. The zero-order chi connectivity index (χ0) is 14.8. The normalized spacial score (nSPS) is 11.4. The Morgan fingerprint density at radius 3 is 2.60 bits per heavy atom. The van der Waals surface area contributed by atoms with Crippen LogP contribution < -0.4 is 0 Å². The number of rotatable bonds is 3. The minimum atomic E-state index is -4.40. The van der Waals surface area contributed by atoms with Crippen LogP contribution in [0.25, 0.3) is 0 Å². The Morgan fingerprint density at radius 2 is 2.00 bits per heavy atom. The maximum atomic E-state index is 12.5. The first kappa shape index (κ1) is 14.2. The summed E-state index contributed by atoms with van der Waals surface area (Å²) in [4.78, 5) is 11.7. The quantitative estimate of drug-likeness (QED) is 0.808. The van der Waals surface area contributed by atoms with E-state index in [1.807, 2.05) is 0 Å². The molecule has 0 spiro atoms. The average Bonchev–Trinajstić information content (AvgIpc) is 2.82. The fourth-order valence-electron chi connectivity index (χ4n) is 1.73. The van der Waals surface area contributed by atoms with Crippen molar-refractivity contribution in [1.82, 2.24) is 4.57 Å². The average molecular weight is 283 g/mol. The minimum Gasteiger partial charge on any atom is -0.456 e. The number of aryl methyl sites for hydroxylation is 1. The molecule has 2 rings (SSSR count). The summed E-state index contributed by atoms with van der Waals surface area (Å²) in [5.41, 5.74) is -0.121. The topological polar surface area (TPSA) is 31.2 Å². The first-order chi connectivity index (χ1) is 9.38. The first-order valence-electron chi connectivity index (χ1n) is 5.82. The molecule has 0 saturated carbocycles. The van der Waals surface area contributed by atoms with Gasteiger partial charge in [-0.05, 0) is 29.8 Å². The molecule has 0 atom stereocenters. The van der Waals surface area contributed by atoms with Crippen LogP contribution in [0.15, 0.2) is 42.6 Å². The van der Waals surface area contributed by atoms with E-state index in [-0.39, 0.29) is 6.61 Å². The summed E-state index contributed by atoms with van der Waals surface area (Å²) in [6, 6.07) is 7.97. The molecule has 0 fully saturated rings. The number of nitrogens with zero attached hydrogens (tertiary/aromatic N) is 1. The zero-order valence-electron chi connectivity index (χ0n) is 10.6. The van der Waals surface area contributed by atoms with Gasteiger partial charge in [-0.15, -0.1) is 0 Å². The SMILES string of the molecule is Cn1cccc1C(=O)OCc1cccc(C(F)(F)F)c1. The fraction of sp³-hybridized carbons (Fsp3) is 0.214. The largest absolute Gasteiger partial charge is 0.456 e. The third-order valence-corrected chi connectivity index (χ3v) is 2.78. The zero-order valence-corrected chi connectivity index (χ0v) is 10.6. The summed E-state index contributed by atoms with van der Waals surface area (Å²) < 4.78 is 44.2. The lowest BCUT2D eigenvalue weighted by molar-refractivity contribution is -0.137. The number of carbonyl (C=O) groups is 1. The van der Waals surface area contributed by atoms with Gasteiger partial charge < -0.3 is 9.30 Å². The predicted molar refractivity (Wildman–Crippen MR) is 66.0 cm³/mol. The molecule has 0 N–H and O–H groups in total. The lowest BCUT2D eigenvalue weighted by atomic mass is 10.1. The van der Waals surface area contributed by atoms with E-state index in [2.05, 4.69) is 0 Å². The summed E-state index contributed by atoms with van der Waals surface area (Å²) in [5, 5.41) is 0. The maximum absolute atomic E-state index is 12.5. The van der Waals surface area contributed by atoms with Crippen molar-refractivity contribution in [3.63, 3.8) is 0 Å². The van der Waals surface area contributed by atoms with Gasteiger partial charge in [0.25, 0.3) is 0 Å². The molecule has 6 heteroatoms. The van der Waals surface area contributed by atoms with Gasteiger partial charge in [0.15, 0.2) is 0 Å². The van der Waals surface area contributed by atoms with Crippen LogP contribution in [0.3, 0.4) is 0 Å². The molecule has 0 aliphatic rings. The summed E-state index contributed by atoms with van der Waals surface area (Å²) in [6.45, 7) is -0.200. The van der Waals surface area contributed by atoms with E-state index in [1.165, 1.54) is 12.1 Å². The number of ether oxygens (including phenoxy) is 1. The highest BCUT2D eigenvalue weighted by molar-refractivity contribution is 5.87. The van der Waals surface area contributed by atoms with Gasteiger partial charge >= 0.3 is 12.1 Å². The molecule has 0 aliphatic heterocycles. The molecular formula is C14H12F3NO2. The predicted octanol–water partition coefficient (Wildman–Crippen LogP) is 3.40. The van der Waals surface area contributed by atoms with E-state index in [0.717, 1.165) is 12.1 Å². The molecule has 1 aromatic carbocycles. The van der Waals surface area contributed by atoms with Crippen molar-refractivity contribution in [3.05, 3.63) is 59.4 Å². The number of carbonyl (C=O) groups excluding carboxylic acids is 1. The fourth-order valence-corrected chi connectivity index (χ4v) is 1.73. The molecule has 20 heavy (non-hydrogen) atoms. The number of benzene rings is 1. The van der Waals surface area contributed by atoms with E-state index in [0.29, 0.717) is 11.3 Å². The molecule has 1 aromatic heterocycles. The van der Waals surface area contributed by atoms with Gasteiger partial charge in [0.05, 0.1) is 5.56 Å². The number of alkyl halides is 3. The summed E-state index contributed by atoms with van der Waals surface area (Å²) in [5.74, 6) is -0.574. The minimum absolute atomic E-state index is 0.200. The van der Waals surface area contributed by atoms with Gasteiger partial charge in [-0.2, -0.15) is 13.2 Å². The third kappa shape index (κ3) is 3.20. The van der Waals surface area contributed by atoms with Crippen LogP contribution >= 0.6 is 0 Å². The number of aromatic nitrogens is 1. The Kier molecular flexibility index (Phi) is 3.83. The number of esters is 1. The lowest BCUT2D eigenvalue weighted by Crippen LogP contribution is -2.10. The van der Waals surface area contributed by atoms with Crippen LogP contribution in [0.5, 0.6) is 0 Å². The Balaban J connectivity index is 2.05. The van der Waals surface area contributed by atoms with Crippen LogP contribution in [-0.2, 0) is 24.6 Å². The van der Waals surface area contributed by atoms with Crippen LogP contribution in [0, 0.1) is 0 Å². The number of hydrogen-bond acceptors (Lipinski definition) is 2. The van der Waals surface area contributed by atoms with E-state index >= 15 is 0 Å². The molecule has 1 heterocycles. The van der Waals surface area contributed by atoms with Gasteiger partial charge in [0, 0.05) is 13.2 Å². The second kappa shape index (κ2) is 5.40. The Bertz CT molecular complexity index is 617. The summed E-state index contributed by atoms with van der Waals surface area (Å²) in [7, 11) is 1.68. The van der Waals surface area contributed by atoms with Crippen molar-refractivity contribution < 1.29 is 22.7 Å². The summed E-state index contributed by atoms with van der Waals surface area (Å²) in [6.07, 6.45) is -2.72. The van der Waals surface area contributed by atoms with Gasteiger partial charge in [0.2, 0.25) is 0 Å². The van der Waals surface area contributed by atoms with Crippen molar-refractivity contribution in [2.75, 3.05) is 0 Å². The van der Waals surface area contributed by atoms with Crippen LogP contribution in [-0.4, -0.2) is 10.5 Å². The highest BCUT2D eigenvalue weighted by Crippen LogP contribution is 2.29. The lowest BCUT2D eigenvalue weighted by Gasteiger charge is -2.09. The first-order valence-corrected chi connectivity index (χ1v) is 5.82. The molecule has 0 saturated heterocycles. The van der Waals surface area contributed by atoms with E-state index in [4.69, 9.17) is 4.74 Å². The molecule has 0 amide bonds. The molecular weight excluding hydrogens is 271 g/mol. The van der Waals surface area contributed by atoms with Crippen LogP contribution in [0.1, 0.15) is 21.6 Å². The number of halogens is 3. The van der Waals surface area contributed by atoms with Crippen molar-refractivity contribution in [2.45, 2.75) is 12.8 Å². The van der Waals surface area contributed by atoms with Crippen molar-refractivity contribution in [1.29, 1.82) is 0 Å². The third-order valence-electron chi connectivity index (χ3n) is 2.78. The van der Waals surface area contributed by atoms with Crippen LogP contribution in [0.2, 0.25) is 0 Å². The van der Waals surface area contributed by atoms with E-state index in [1.54, 1.807) is 29.9 Å². The molecule has 106 valence electrons. The standard InChI is InChI=1S/C14H12F3NO2/c1-18-7-3-6-12(18)13(19)20-9-10-4-2-5-11(8-10)14(15,16)17/h2-8H,9H2,1H3. The molecule has 0 bridgehead atoms. The highest BCUT2D eigenvalue weighted by Gasteiger charge is 2.30. The Hall–Kier alpha value is -2.24. The Labute approximate surface area is 113 Å². The maximum Gasteiger partial charge on any atom is 0.416 e. The highest BCUT2D eigenvalue weighted by atomic mass is 19.4. The molecule has 0 aliphatic carbocycles. The Morgan fingerprint density at radius 1 is 1.25 bits per heavy atom. The van der Waals surface area contributed by atoms with Gasteiger partial charge in [0.1, 0.15) is 12.3 Å². The molecule has 2 aromatic rings. The van der Waals surface area contributed by atoms with E-state index < -0.39 is 17.7 Å². The van der Waals surface area contributed by atoms with Crippen LogP contribution in [0.4, 0.5) is 13.2 Å². The second-order valence-corrected chi connectivity index (χ2v) is 4.28. The van der Waals surface area contributed by atoms with Gasteiger partial charge in [-0.25, -0.2) is 4.79 Å². The monoisotopic (exact) mass is 283 g/mol.